The first-order chi connectivity index (χ1) is 8.61. The summed E-state index contributed by atoms with van der Waals surface area (Å²) in [6.07, 6.45) is 0. The summed E-state index contributed by atoms with van der Waals surface area (Å²) in [5, 5.41) is 10.3. The van der Waals surface area contributed by atoms with Crippen molar-refractivity contribution >= 4 is 35.0 Å². The summed E-state index contributed by atoms with van der Waals surface area (Å²) in [6.45, 7) is -0.354. The van der Waals surface area contributed by atoms with Crippen LogP contribution in [0.25, 0.3) is 0 Å². The summed E-state index contributed by atoms with van der Waals surface area (Å²) in [4.78, 5) is 1.35. The molecule has 0 aliphatic heterocycles. The molecule has 18 heavy (non-hydrogen) atoms. The summed E-state index contributed by atoms with van der Waals surface area (Å²) < 4.78 is 13.5. The van der Waals surface area contributed by atoms with Crippen LogP contribution in [0.3, 0.4) is 0 Å². The molecule has 0 aliphatic rings. The molecule has 2 aromatic carbocycles. The SMILES string of the molecule is OCc1c(F)cccc1Sc1cc(Cl)ccc1Cl. The molecular weight excluding hydrogens is 294 g/mol. The Morgan fingerprint density at radius 2 is 1.89 bits per heavy atom. The maximum atomic E-state index is 13.5. The number of hydrogen-bond donors (Lipinski definition) is 1. The normalized spacial score (nSPS) is 10.7. The lowest BCUT2D eigenvalue weighted by Gasteiger charge is -2.09. The number of halogens is 3. The van der Waals surface area contributed by atoms with Crippen LogP contribution < -0.4 is 0 Å². The van der Waals surface area contributed by atoms with Crippen molar-refractivity contribution < 1.29 is 9.50 Å². The van der Waals surface area contributed by atoms with Gasteiger partial charge in [-0.2, -0.15) is 0 Å². The topological polar surface area (TPSA) is 20.2 Å². The second-order valence-electron chi connectivity index (χ2n) is 3.55. The number of aliphatic hydroxyl groups is 1. The smallest absolute Gasteiger partial charge is 0.129 e. The lowest BCUT2D eigenvalue weighted by atomic mass is 10.2. The number of benzene rings is 2. The molecule has 0 unspecified atom stereocenters. The summed E-state index contributed by atoms with van der Waals surface area (Å²) in [5.41, 5.74) is 0.263. The van der Waals surface area contributed by atoms with Crippen molar-refractivity contribution in [1.82, 2.24) is 0 Å². The zero-order chi connectivity index (χ0) is 13.1. The average Bonchev–Trinajstić information content (AvgIpc) is 2.34. The molecule has 2 aromatic rings. The summed E-state index contributed by atoms with van der Waals surface area (Å²) in [7, 11) is 0. The van der Waals surface area contributed by atoms with Gasteiger partial charge in [-0.3, -0.25) is 0 Å². The fraction of sp³-hybridized carbons (Fsp3) is 0.0769. The zero-order valence-electron chi connectivity index (χ0n) is 9.16. The molecule has 0 aliphatic carbocycles. The van der Waals surface area contributed by atoms with Crippen LogP contribution >= 0.6 is 35.0 Å². The van der Waals surface area contributed by atoms with Gasteiger partial charge in [-0.25, -0.2) is 4.39 Å². The first kappa shape index (κ1) is 13.7. The Balaban J connectivity index is 2.40. The highest BCUT2D eigenvalue weighted by molar-refractivity contribution is 7.99. The predicted molar refractivity (Wildman–Crippen MR) is 72.9 cm³/mol. The van der Waals surface area contributed by atoms with E-state index in [2.05, 4.69) is 0 Å². The highest BCUT2D eigenvalue weighted by Crippen LogP contribution is 2.37. The van der Waals surface area contributed by atoms with E-state index in [0.29, 0.717) is 14.9 Å². The van der Waals surface area contributed by atoms with Crippen LogP contribution in [0.15, 0.2) is 46.2 Å². The standard InChI is InChI=1S/C13H9Cl2FOS/c14-8-4-5-10(15)13(6-8)18-12-3-1-2-11(16)9(12)7-17/h1-6,17H,7H2. The van der Waals surface area contributed by atoms with Gasteiger partial charge in [-0.15, -0.1) is 0 Å². The van der Waals surface area contributed by atoms with Crippen molar-refractivity contribution in [1.29, 1.82) is 0 Å². The van der Waals surface area contributed by atoms with Crippen molar-refractivity contribution in [2.75, 3.05) is 0 Å². The molecule has 0 saturated heterocycles. The molecule has 94 valence electrons. The van der Waals surface area contributed by atoms with Gasteiger partial charge in [0.05, 0.1) is 11.6 Å². The van der Waals surface area contributed by atoms with Gasteiger partial charge >= 0.3 is 0 Å². The third kappa shape index (κ3) is 2.98. The van der Waals surface area contributed by atoms with E-state index in [-0.39, 0.29) is 12.2 Å². The minimum Gasteiger partial charge on any atom is -0.392 e. The molecular formula is C13H9Cl2FOS. The molecule has 0 aromatic heterocycles. The fourth-order valence-electron chi connectivity index (χ4n) is 1.46. The van der Waals surface area contributed by atoms with E-state index in [4.69, 9.17) is 23.2 Å². The van der Waals surface area contributed by atoms with Gasteiger partial charge in [0.15, 0.2) is 0 Å². The van der Waals surface area contributed by atoms with Gasteiger partial charge in [0.2, 0.25) is 0 Å². The second kappa shape index (κ2) is 5.93. The molecule has 0 saturated carbocycles. The summed E-state index contributed by atoms with van der Waals surface area (Å²) >= 11 is 13.2. The summed E-state index contributed by atoms with van der Waals surface area (Å²) in [5.74, 6) is -0.430. The van der Waals surface area contributed by atoms with E-state index in [1.54, 1.807) is 30.3 Å². The maximum absolute atomic E-state index is 13.5. The molecule has 0 atom stereocenters. The lowest BCUT2D eigenvalue weighted by molar-refractivity contribution is 0.272. The zero-order valence-corrected chi connectivity index (χ0v) is 11.5. The largest absolute Gasteiger partial charge is 0.392 e. The Labute approximate surface area is 119 Å². The van der Waals surface area contributed by atoms with Gasteiger partial charge in [0, 0.05) is 20.4 Å². The van der Waals surface area contributed by atoms with Crippen molar-refractivity contribution in [3.63, 3.8) is 0 Å². The quantitative estimate of drug-likeness (QED) is 0.881. The van der Waals surface area contributed by atoms with Gasteiger partial charge in [-0.05, 0) is 30.3 Å². The molecule has 0 spiro atoms. The number of aliphatic hydroxyl groups excluding tert-OH is 1. The third-order valence-electron chi connectivity index (χ3n) is 2.35. The minimum atomic E-state index is -0.430. The van der Waals surface area contributed by atoms with Crippen molar-refractivity contribution in [3.05, 3.63) is 57.8 Å². The van der Waals surface area contributed by atoms with E-state index in [0.717, 1.165) is 4.90 Å². The first-order valence-corrected chi connectivity index (χ1v) is 6.70. The molecule has 1 N–H and O–H groups in total. The van der Waals surface area contributed by atoms with Crippen molar-refractivity contribution in [2.24, 2.45) is 0 Å². The van der Waals surface area contributed by atoms with Crippen molar-refractivity contribution in [3.8, 4) is 0 Å². The average molecular weight is 303 g/mol. The highest BCUT2D eigenvalue weighted by Gasteiger charge is 2.10. The minimum absolute atomic E-state index is 0.263. The Hall–Kier alpha value is -0.740. The van der Waals surface area contributed by atoms with Crippen LogP contribution in [0.4, 0.5) is 4.39 Å². The van der Waals surface area contributed by atoms with Gasteiger partial charge in [-0.1, -0.05) is 41.0 Å². The number of rotatable bonds is 3. The Bertz CT molecular complexity index is 575. The highest BCUT2D eigenvalue weighted by atomic mass is 35.5. The maximum Gasteiger partial charge on any atom is 0.129 e. The van der Waals surface area contributed by atoms with Crippen LogP contribution in [0.2, 0.25) is 10.0 Å². The van der Waals surface area contributed by atoms with Crippen LogP contribution in [0.5, 0.6) is 0 Å². The van der Waals surface area contributed by atoms with E-state index in [1.165, 1.54) is 17.8 Å². The van der Waals surface area contributed by atoms with Crippen LogP contribution in [-0.4, -0.2) is 5.11 Å². The third-order valence-corrected chi connectivity index (χ3v) is 4.18. The summed E-state index contributed by atoms with van der Waals surface area (Å²) in [6, 6.07) is 9.72. The molecule has 1 nitrogen and oxygen atoms in total. The van der Waals surface area contributed by atoms with E-state index < -0.39 is 5.82 Å². The predicted octanol–water partition coefficient (Wildman–Crippen LogP) is 4.78. The molecule has 0 fully saturated rings. The van der Waals surface area contributed by atoms with E-state index in [9.17, 15) is 9.50 Å². The van der Waals surface area contributed by atoms with Crippen LogP contribution in [0.1, 0.15) is 5.56 Å². The fourth-order valence-corrected chi connectivity index (χ4v) is 2.95. The molecule has 0 bridgehead atoms. The van der Waals surface area contributed by atoms with Gasteiger partial charge in [0.1, 0.15) is 5.82 Å². The Morgan fingerprint density at radius 3 is 2.61 bits per heavy atom. The molecule has 2 rings (SSSR count). The number of hydrogen-bond acceptors (Lipinski definition) is 2. The lowest BCUT2D eigenvalue weighted by Crippen LogP contribution is -1.92. The van der Waals surface area contributed by atoms with E-state index >= 15 is 0 Å². The van der Waals surface area contributed by atoms with Gasteiger partial charge < -0.3 is 5.11 Å². The Kier molecular flexibility index (Phi) is 4.51. The van der Waals surface area contributed by atoms with Crippen LogP contribution in [-0.2, 0) is 6.61 Å². The molecule has 0 heterocycles. The van der Waals surface area contributed by atoms with Crippen LogP contribution in [0, 0.1) is 5.82 Å². The Morgan fingerprint density at radius 1 is 1.11 bits per heavy atom. The van der Waals surface area contributed by atoms with Gasteiger partial charge in [0.25, 0.3) is 0 Å². The molecule has 0 radical (unpaired) electrons. The molecule has 5 heteroatoms. The first-order valence-electron chi connectivity index (χ1n) is 5.13. The van der Waals surface area contributed by atoms with E-state index in [1.807, 2.05) is 0 Å². The monoisotopic (exact) mass is 302 g/mol. The molecule has 0 amide bonds. The van der Waals surface area contributed by atoms with Crippen molar-refractivity contribution in [2.45, 2.75) is 16.4 Å². The second-order valence-corrected chi connectivity index (χ2v) is 5.48.